The Bertz CT molecular complexity index is 423. The summed E-state index contributed by atoms with van der Waals surface area (Å²) >= 11 is 0. The number of halogens is 1. The zero-order valence-electron chi connectivity index (χ0n) is 16.1. The van der Waals surface area contributed by atoms with Crippen molar-refractivity contribution in [3.63, 3.8) is 0 Å². The van der Waals surface area contributed by atoms with Crippen LogP contribution in [0.25, 0.3) is 0 Å². The van der Waals surface area contributed by atoms with Crippen LogP contribution in [0.2, 0.25) is 0 Å². The van der Waals surface area contributed by atoms with Gasteiger partial charge in [-0.15, -0.1) is 12.4 Å². The molecule has 3 heterocycles. The second kappa shape index (κ2) is 12.5. The van der Waals surface area contributed by atoms with Crippen molar-refractivity contribution in [2.24, 2.45) is 0 Å². The van der Waals surface area contributed by atoms with E-state index in [2.05, 4.69) is 0 Å². The van der Waals surface area contributed by atoms with Crippen molar-refractivity contribution in [2.75, 3.05) is 33.5 Å². The van der Waals surface area contributed by atoms with Gasteiger partial charge in [-0.2, -0.15) is 0 Å². The zero-order chi connectivity index (χ0) is 20.8. The molecule has 0 aromatic heterocycles. The molecule has 0 aromatic rings. The van der Waals surface area contributed by atoms with Gasteiger partial charge in [-0.3, -0.25) is 0 Å². The van der Waals surface area contributed by atoms with Gasteiger partial charge in [0.25, 0.3) is 0 Å². The van der Waals surface area contributed by atoms with E-state index in [9.17, 15) is 10.2 Å². The summed E-state index contributed by atoms with van der Waals surface area (Å²) in [5, 5.41) is 61.8. The Morgan fingerprint density at radius 3 is 1.93 bits per heavy atom. The van der Waals surface area contributed by atoms with Gasteiger partial charge < -0.3 is 54.7 Å². The van der Waals surface area contributed by atoms with Gasteiger partial charge in [0, 0.05) is 7.11 Å². The first-order valence-corrected chi connectivity index (χ1v) is 8.67. The molecule has 0 bridgehead atoms. The Hall–Kier alpha value is -0.150. The van der Waals surface area contributed by atoms with E-state index in [1.165, 1.54) is 0 Å². The molecule has 0 unspecified atom stereocenters. The summed E-state index contributed by atoms with van der Waals surface area (Å²) in [6, 6.07) is 0. The first-order chi connectivity index (χ1) is 12.7. The van der Waals surface area contributed by atoms with Gasteiger partial charge in [-0.1, -0.05) is 0 Å². The Morgan fingerprint density at radius 2 is 1.36 bits per heavy atom. The Morgan fingerprint density at radius 1 is 0.821 bits per heavy atom. The molecule has 3 fully saturated rings. The molecule has 0 amide bonds. The average Bonchev–Trinajstić information content (AvgIpc) is 2.65. The molecule has 170 valence electrons. The number of rotatable bonds is 1. The molecule has 0 spiro atoms. The maximum absolute atomic E-state index is 9.69. The van der Waals surface area contributed by atoms with Gasteiger partial charge in [0.1, 0.15) is 48.8 Å². The van der Waals surface area contributed by atoms with E-state index in [1.807, 2.05) is 0 Å². The quantitative estimate of drug-likeness (QED) is 0.219. The molecule has 8 atom stereocenters. The van der Waals surface area contributed by atoms with E-state index >= 15 is 0 Å². The van der Waals surface area contributed by atoms with Gasteiger partial charge in [0.2, 0.25) is 0 Å². The standard InChI is InChI=1S/C9H16O5.C6H12O5.CH4O.ClH/c1-9(2)13-4-6-8(14-9)7(11)5(10)3-12-6;7-1-4-6(10)5(9)3(8)2-11-4;1-2;/h5-8,10-11H,3-4H2,1-2H3;3-10H,1-2H2;2H,1H3;1H/t5-,6+,7-,8+;3-,4+,5-,6+;;/m11../s1. The molecular weight excluding hydrogens is 404 g/mol. The Balaban J connectivity index is 0.000000474. The summed E-state index contributed by atoms with van der Waals surface area (Å²) in [6.07, 6.45) is -6.81. The third-order valence-electron chi connectivity index (χ3n) is 4.38. The van der Waals surface area contributed by atoms with Gasteiger partial charge >= 0.3 is 0 Å². The van der Waals surface area contributed by atoms with Crippen LogP contribution in [0.1, 0.15) is 13.8 Å². The first-order valence-electron chi connectivity index (χ1n) is 8.67. The lowest BCUT2D eigenvalue weighted by Crippen LogP contribution is -2.61. The van der Waals surface area contributed by atoms with Crippen LogP contribution in [-0.2, 0) is 18.9 Å². The number of hydrogen-bond acceptors (Lipinski definition) is 11. The molecule has 12 heteroatoms. The maximum Gasteiger partial charge on any atom is 0.163 e. The van der Waals surface area contributed by atoms with Crippen molar-refractivity contribution in [1.29, 1.82) is 0 Å². The van der Waals surface area contributed by atoms with Crippen molar-refractivity contribution in [2.45, 2.75) is 68.5 Å². The third-order valence-corrected chi connectivity index (χ3v) is 4.38. The monoisotopic (exact) mass is 436 g/mol. The molecule has 0 aliphatic carbocycles. The van der Waals surface area contributed by atoms with Crippen LogP contribution in [0.15, 0.2) is 0 Å². The zero-order valence-corrected chi connectivity index (χ0v) is 16.9. The summed E-state index contributed by atoms with van der Waals surface area (Å²) in [4.78, 5) is 0. The third kappa shape index (κ3) is 7.27. The molecule has 28 heavy (non-hydrogen) atoms. The fraction of sp³-hybridized carbons (Fsp3) is 1.00. The van der Waals surface area contributed by atoms with E-state index in [0.29, 0.717) is 6.61 Å². The van der Waals surface area contributed by atoms with E-state index in [-0.39, 0.29) is 38.3 Å². The van der Waals surface area contributed by atoms with Gasteiger partial charge in [0.15, 0.2) is 5.79 Å². The average molecular weight is 437 g/mol. The number of hydrogen-bond donors (Lipinski definition) is 7. The molecule has 0 radical (unpaired) electrons. The number of ether oxygens (including phenoxy) is 4. The minimum absolute atomic E-state index is 0. The number of aliphatic hydroxyl groups is 7. The van der Waals surface area contributed by atoms with Crippen molar-refractivity contribution in [3.8, 4) is 0 Å². The largest absolute Gasteiger partial charge is 0.400 e. The lowest BCUT2D eigenvalue weighted by Gasteiger charge is -2.46. The summed E-state index contributed by atoms with van der Waals surface area (Å²) in [5.41, 5.74) is 0. The second-order valence-corrected chi connectivity index (χ2v) is 6.83. The van der Waals surface area contributed by atoms with Crippen molar-refractivity contribution in [3.05, 3.63) is 0 Å². The second-order valence-electron chi connectivity index (χ2n) is 6.83. The molecule has 7 N–H and O–H groups in total. The van der Waals surface area contributed by atoms with Crippen LogP contribution in [0.4, 0.5) is 0 Å². The molecule has 0 aromatic carbocycles. The fourth-order valence-corrected chi connectivity index (χ4v) is 2.82. The predicted molar refractivity (Wildman–Crippen MR) is 96.9 cm³/mol. The normalized spacial score (nSPS) is 41.8. The molecular formula is C16H33ClO11. The van der Waals surface area contributed by atoms with Crippen LogP contribution < -0.4 is 0 Å². The van der Waals surface area contributed by atoms with Crippen molar-refractivity contribution in [1.82, 2.24) is 0 Å². The highest BCUT2D eigenvalue weighted by atomic mass is 35.5. The first kappa shape index (κ1) is 27.8. The van der Waals surface area contributed by atoms with Crippen LogP contribution in [0, 0.1) is 0 Å². The van der Waals surface area contributed by atoms with Gasteiger partial charge in [-0.25, -0.2) is 0 Å². The summed E-state index contributed by atoms with van der Waals surface area (Å²) in [6.45, 7) is 3.67. The van der Waals surface area contributed by atoms with Gasteiger partial charge in [-0.05, 0) is 13.8 Å². The molecule has 3 aliphatic rings. The SMILES string of the molecule is CC1(C)OC[C@@H]2OC[C@@H](O)[C@@H](O)[C@H]2O1.CO.Cl.OC[C@@H]1OC[C@@H](O)[C@@H](O)[C@H]1O. The maximum atomic E-state index is 9.69. The van der Waals surface area contributed by atoms with Gasteiger partial charge in [0.05, 0.1) is 26.4 Å². The molecule has 0 saturated carbocycles. The Labute approximate surface area is 169 Å². The van der Waals surface area contributed by atoms with Crippen LogP contribution >= 0.6 is 12.4 Å². The minimum atomic E-state index is -1.22. The highest BCUT2D eigenvalue weighted by molar-refractivity contribution is 5.85. The summed E-state index contributed by atoms with van der Waals surface area (Å²) < 4.78 is 21.0. The smallest absolute Gasteiger partial charge is 0.163 e. The van der Waals surface area contributed by atoms with Crippen molar-refractivity contribution >= 4 is 12.4 Å². The minimum Gasteiger partial charge on any atom is -0.400 e. The van der Waals surface area contributed by atoms with E-state index in [1.54, 1.807) is 13.8 Å². The molecule has 3 aliphatic heterocycles. The molecule has 3 rings (SSSR count). The topological polar surface area (TPSA) is 179 Å². The van der Waals surface area contributed by atoms with Crippen LogP contribution in [0.5, 0.6) is 0 Å². The van der Waals surface area contributed by atoms with E-state index in [4.69, 9.17) is 44.5 Å². The highest BCUT2D eigenvalue weighted by Crippen LogP contribution is 2.29. The predicted octanol–water partition coefficient (Wildman–Crippen LogP) is -3.25. The lowest BCUT2D eigenvalue weighted by atomic mass is 9.99. The number of fused-ring (bicyclic) bond motifs is 1. The fourth-order valence-electron chi connectivity index (χ4n) is 2.82. The van der Waals surface area contributed by atoms with Crippen molar-refractivity contribution < 1.29 is 54.7 Å². The highest BCUT2D eigenvalue weighted by Gasteiger charge is 2.46. The summed E-state index contributed by atoms with van der Waals surface area (Å²) in [5.74, 6) is -0.720. The summed E-state index contributed by atoms with van der Waals surface area (Å²) in [7, 11) is 1.00. The number of aliphatic hydroxyl groups excluding tert-OH is 7. The molecule has 11 nitrogen and oxygen atoms in total. The van der Waals surface area contributed by atoms with E-state index < -0.39 is 48.5 Å². The van der Waals surface area contributed by atoms with Crippen LogP contribution in [-0.4, -0.2) is 124 Å². The van der Waals surface area contributed by atoms with Crippen LogP contribution in [0.3, 0.4) is 0 Å². The van der Waals surface area contributed by atoms with E-state index in [0.717, 1.165) is 7.11 Å². The Kier molecular flexibility index (Phi) is 12.5. The molecule has 3 saturated heterocycles. The lowest BCUT2D eigenvalue weighted by molar-refractivity contribution is -0.346.